The maximum atomic E-state index is 12.5. The van der Waals surface area contributed by atoms with Crippen LogP contribution < -0.4 is 15.1 Å². The predicted octanol–water partition coefficient (Wildman–Crippen LogP) is 5.19. The first-order valence-electron chi connectivity index (χ1n) is 10.6. The van der Waals surface area contributed by atoms with Crippen molar-refractivity contribution in [3.05, 3.63) is 58.1 Å². The van der Waals surface area contributed by atoms with Gasteiger partial charge in [-0.05, 0) is 93.5 Å². The molecule has 160 valence electrons. The fourth-order valence-electron chi connectivity index (χ4n) is 4.60. The highest BCUT2D eigenvalue weighted by atomic mass is 16.5. The molecule has 1 aliphatic rings. The zero-order valence-corrected chi connectivity index (χ0v) is 19.2. The molecule has 0 aromatic heterocycles. The summed E-state index contributed by atoms with van der Waals surface area (Å²) in [4.78, 5) is 15.0. The SMILES string of the molecule is CCN1c2cc(C)c(/C=N/NC(=O)c3ccc(C)cc3OC)cc2C(C)CC1(C)C. The molecular formula is C25H33N3O2. The molecular weight excluding hydrogens is 374 g/mol. The first kappa shape index (κ1) is 21.9. The molecule has 1 heterocycles. The third-order valence-corrected chi connectivity index (χ3v) is 6.06. The maximum absolute atomic E-state index is 12.5. The predicted molar refractivity (Wildman–Crippen MR) is 124 cm³/mol. The van der Waals surface area contributed by atoms with E-state index in [2.05, 4.69) is 62.2 Å². The van der Waals surface area contributed by atoms with Crippen molar-refractivity contribution >= 4 is 17.8 Å². The number of fused-ring (bicyclic) bond motifs is 1. The fraction of sp³-hybridized carbons (Fsp3) is 0.440. The van der Waals surface area contributed by atoms with Crippen LogP contribution in [0.3, 0.4) is 0 Å². The van der Waals surface area contributed by atoms with Gasteiger partial charge in [0, 0.05) is 17.8 Å². The molecule has 30 heavy (non-hydrogen) atoms. The van der Waals surface area contributed by atoms with E-state index in [0.29, 0.717) is 17.2 Å². The summed E-state index contributed by atoms with van der Waals surface area (Å²) in [6.45, 7) is 14.2. The minimum Gasteiger partial charge on any atom is -0.496 e. The van der Waals surface area contributed by atoms with Crippen molar-refractivity contribution in [2.45, 2.75) is 59.4 Å². The van der Waals surface area contributed by atoms with Gasteiger partial charge in [-0.3, -0.25) is 4.79 Å². The minimum absolute atomic E-state index is 0.143. The van der Waals surface area contributed by atoms with E-state index in [1.54, 1.807) is 19.4 Å². The Hall–Kier alpha value is -2.82. The molecule has 5 heteroatoms. The van der Waals surface area contributed by atoms with Gasteiger partial charge in [0.1, 0.15) is 5.75 Å². The van der Waals surface area contributed by atoms with Crippen molar-refractivity contribution in [1.29, 1.82) is 0 Å². The standard InChI is InChI=1S/C25H33N3O2/c1-8-28-22-12-17(3)19(13-21(22)18(4)14-25(28,5)6)15-26-27-24(29)20-10-9-16(2)11-23(20)30-7/h9-13,15,18H,8,14H2,1-7H3,(H,27,29)/b26-15+. The quantitative estimate of drug-likeness (QED) is 0.548. The maximum Gasteiger partial charge on any atom is 0.275 e. The lowest BCUT2D eigenvalue weighted by molar-refractivity contribution is 0.0952. The number of nitrogens with zero attached hydrogens (tertiary/aromatic N) is 2. The van der Waals surface area contributed by atoms with Crippen LogP contribution in [-0.4, -0.2) is 31.3 Å². The fourth-order valence-corrected chi connectivity index (χ4v) is 4.60. The van der Waals surface area contributed by atoms with Gasteiger partial charge < -0.3 is 9.64 Å². The molecule has 0 saturated heterocycles. The second kappa shape index (κ2) is 8.50. The number of rotatable bonds is 5. The van der Waals surface area contributed by atoms with Crippen molar-refractivity contribution in [2.75, 3.05) is 18.6 Å². The highest BCUT2D eigenvalue weighted by Crippen LogP contribution is 2.43. The van der Waals surface area contributed by atoms with Gasteiger partial charge in [-0.2, -0.15) is 5.10 Å². The molecule has 0 saturated carbocycles. The number of amides is 1. The molecule has 0 aliphatic carbocycles. The normalized spacial score (nSPS) is 17.7. The number of benzene rings is 2. The van der Waals surface area contributed by atoms with E-state index in [-0.39, 0.29) is 11.4 Å². The van der Waals surface area contributed by atoms with Crippen molar-refractivity contribution < 1.29 is 9.53 Å². The molecule has 0 radical (unpaired) electrons. The van der Waals surface area contributed by atoms with E-state index < -0.39 is 0 Å². The Labute approximate surface area is 180 Å². The topological polar surface area (TPSA) is 53.9 Å². The van der Waals surface area contributed by atoms with Crippen LogP contribution in [0.4, 0.5) is 5.69 Å². The lowest BCUT2D eigenvalue weighted by Crippen LogP contribution is -2.48. The Morgan fingerprint density at radius 1 is 1.30 bits per heavy atom. The van der Waals surface area contributed by atoms with Gasteiger partial charge in [0.2, 0.25) is 0 Å². The molecule has 0 fully saturated rings. The van der Waals surface area contributed by atoms with Crippen LogP contribution in [0.25, 0.3) is 0 Å². The van der Waals surface area contributed by atoms with Crippen molar-refractivity contribution in [3.8, 4) is 5.75 Å². The van der Waals surface area contributed by atoms with Gasteiger partial charge in [-0.25, -0.2) is 5.43 Å². The van der Waals surface area contributed by atoms with E-state index in [1.807, 2.05) is 19.1 Å². The summed E-state index contributed by atoms with van der Waals surface area (Å²) in [5, 5.41) is 4.22. The van der Waals surface area contributed by atoms with E-state index in [9.17, 15) is 4.79 Å². The lowest BCUT2D eigenvalue weighted by atomic mass is 9.79. The van der Waals surface area contributed by atoms with Gasteiger partial charge in [0.15, 0.2) is 0 Å². The van der Waals surface area contributed by atoms with E-state index in [1.165, 1.54) is 11.3 Å². The van der Waals surface area contributed by atoms with E-state index in [0.717, 1.165) is 29.7 Å². The largest absolute Gasteiger partial charge is 0.496 e. The summed E-state index contributed by atoms with van der Waals surface area (Å²) in [7, 11) is 1.56. The average molecular weight is 408 g/mol. The van der Waals surface area contributed by atoms with Crippen LogP contribution in [-0.2, 0) is 0 Å². The van der Waals surface area contributed by atoms with Gasteiger partial charge in [0.25, 0.3) is 5.91 Å². The van der Waals surface area contributed by atoms with Crippen LogP contribution >= 0.6 is 0 Å². The highest BCUT2D eigenvalue weighted by molar-refractivity contribution is 5.97. The molecule has 2 aromatic carbocycles. The number of hydrazone groups is 1. The van der Waals surface area contributed by atoms with Crippen molar-refractivity contribution in [1.82, 2.24) is 5.43 Å². The molecule has 1 N–H and O–H groups in total. The summed E-state index contributed by atoms with van der Waals surface area (Å²) in [5.41, 5.74) is 9.10. The first-order valence-corrected chi connectivity index (χ1v) is 10.6. The monoisotopic (exact) mass is 407 g/mol. The Balaban J connectivity index is 1.84. The Bertz CT molecular complexity index is 979. The summed E-state index contributed by atoms with van der Waals surface area (Å²) in [5.74, 6) is 0.728. The molecule has 1 unspecified atom stereocenters. The molecule has 2 aromatic rings. The second-order valence-corrected chi connectivity index (χ2v) is 8.83. The number of ether oxygens (including phenoxy) is 1. The summed E-state index contributed by atoms with van der Waals surface area (Å²) in [6.07, 6.45) is 2.84. The van der Waals surface area contributed by atoms with E-state index >= 15 is 0 Å². The third kappa shape index (κ3) is 4.20. The Kier molecular flexibility index (Phi) is 6.20. The second-order valence-electron chi connectivity index (χ2n) is 8.83. The lowest BCUT2D eigenvalue weighted by Gasteiger charge is -2.47. The first-order chi connectivity index (χ1) is 14.2. The van der Waals surface area contributed by atoms with Crippen molar-refractivity contribution in [2.24, 2.45) is 5.10 Å². The van der Waals surface area contributed by atoms with Crippen LogP contribution in [0.5, 0.6) is 5.75 Å². The average Bonchev–Trinajstić information content (AvgIpc) is 2.68. The molecule has 1 aliphatic heterocycles. The number of anilines is 1. The molecule has 0 bridgehead atoms. The number of hydrogen-bond acceptors (Lipinski definition) is 4. The Morgan fingerprint density at radius 2 is 2.03 bits per heavy atom. The van der Waals surface area contributed by atoms with Gasteiger partial charge in [0.05, 0.1) is 18.9 Å². The van der Waals surface area contributed by atoms with Gasteiger partial charge in [-0.15, -0.1) is 0 Å². The number of carbonyl (C=O) groups is 1. The zero-order valence-electron chi connectivity index (χ0n) is 19.2. The summed E-state index contributed by atoms with van der Waals surface area (Å²) < 4.78 is 5.33. The molecule has 5 nitrogen and oxygen atoms in total. The van der Waals surface area contributed by atoms with Gasteiger partial charge >= 0.3 is 0 Å². The minimum atomic E-state index is -0.286. The summed E-state index contributed by atoms with van der Waals surface area (Å²) in [6, 6.07) is 9.95. The smallest absolute Gasteiger partial charge is 0.275 e. The van der Waals surface area contributed by atoms with Crippen LogP contribution in [0, 0.1) is 13.8 Å². The number of hydrogen-bond donors (Lipinski definition) is 1. The van der Waals surface area contributed by atoms with E-state index in [4.69, 9.17) is 4.74 Å². The molecule has 0 spiro atoms. The Morgan fingerprint density at radius 3 is 2.70 bits per heavy atom. The third-order valence-electron chi connectivity index (χ3n) is 6.06. The van der Waals surface area contributed by atoms with Crippen LogP contribution in [0.15, 0.2) is 35.4 Å². The number of methoxy groups -OCH3 is 1. The van der Waals surface area contributed by atoms with Crippen LogP contribution in [0.1, 0.15) is 72.6 Å². The van der Waals surface area contributed by atoms with Crippen molar-refractivity contribution in [3.63, 3.8) is 0 Å². The van der Waals surface area contributed by atoms with Gasteiger partial charge in [-0.1, -0.05) is 13.0 Å². The molecule has 3 rings (SSSR count). The zero-order chi connectivity index (χ0) is 22.1. The highest BCUT2D eigenvalue weighted by Gasteiger charge is 2.35. The number of aryl methyl sites for hydroxylation is 2. The molecule has 1 amide bonds. The van der Waals surface area contributed by atoms with Crippen LogP contribution in [0.2, 0.25) is 0 Å². The number of nitrogens with one attached hydrogen (secondary N) is 1. The summed E-state index contributed by atoms with van der Waals surface area (Å²) >= 11 is 0. The number of carbonyl (C=O) groups excluding carboxylic acids is 1. The molecule has 1 atom stereocenters.